The third-order valence-corrected chi connectivity index (χ3v) is 5.55. The molecule has 166 valence electrons. The number of hydrogen-bond donors (Lipinski definition) is 1. The number of anilines is 1. The van der Waals surface area contributed by atoms with E-state index in [4.69, 9.17) is 19.4 Å². The smallest absolute Gasteiger partial charge is 0.490 e. The van der Waals surface area contributed by atoms with Crippen LogP contribution >= 0.6 is 11.3 Å². The van der Waals surface area contributed by atoms with Gasteiger partial charge in [0.15, 0.2) is 0 Å². The Kier molecular flexibility index (Phi) is 8.42. The predicted octanol–water partition coefficient (Wildman–Crippen LogP) is 3.57. The van der Waals surface area contributed by atoms with Gasteiger partial charge in [0.05, 0.1) is 13.2 Å². The maximum absolute atomic E-state index is 10.6. The Bertz CT molecular complexity index is 814. The Labute approximate surface area is 176 Å². The largest absolute Gasteiger partial charge is 0.497 e. The Morgan fingerprint density at radius 3 is 2.37 bits per heavy atom. The number of piperidine rings is 1. The van der Waals surface area contributed by atoms with Crippen molar-refractivity contribution in [2.75, 3.05) is 32.2 Å². The maximum Gasteiger partial charge on any atom is 0.490 e. The van der Waals surface area contributed by atoms with Gasteiger partial charge in [-0.15, -0.1) is 10.2 Å². The molecule has 7 nitrogen and oxygen atoms in total. The van der Waals surface area contributed by atoms with E-state index >= 15 is 0 Å². The number of hydrogen-bond acceptors (Lipinski definition) is 7. The molecule has 1 aromatic heterocycles. The fourth-order valence-corrected chi connectivity index (χ4v) is 3.89. The molecule has 0 spiro atoms. The van der Waals surface area contributed by atoms with E-state index in [2.05, 4.69) is 27.2 Å². The summed E-state index contributed by atoms with van der Waals surface area (Å²) in [6.45, 7) is 3.93. The number of rotatable bonds is 5. The summed E-state index contributed by atoms with van der Waals surface area (Å²) in [6, 6.07) is 8.32. The molecule has 0 bridgehead atoms. The van der Waals surface area contributed by atoms with Gasteiger partial charge < -0.3 is 19.5 Å². The zero-order chi connectivity index (χ0) is 22.3. The number of carbonyl (C=O) groups is 1. The quantitative estimate of drug-likeness (QED) is 0.750. The molecule has 1 aliphatic heterocycles. The molecule has 0 radical (unpaired) electrons. The molecule has 1 aliphatic rings. The molecule has 1 N–H and O–H groups in total. The highest BCUT2D eigenvalue weighted by atomic mass is 32.1. The number of benzene rings is 1. The zero-order valence-corrected chi connectivity index (χ0v) is 17.7. The molecule has 0 saturated carbocycles. The fraction of sp³-hybridized carbons (Fsp3) is 0.526. The Morgan fingerprint density at radius 2 is 1.90 bits per heavy atom. The van der Waals surface area contributed by atoms with Crippen LogP contribution in [0.3, 0.4) is 0 Å². The van der Waals surface area contributed by atoms with Crippen molar-refractivity contribution in [3.8, 4) is 5.75 Å². The van der Waals surface area contributed by atoms with Crippen molar-refractivity contribution in [3.63, 3.8) is 0 Å². The third-order valence-electron chi connectivity index (χ3n) is 4.65. The average Bonchev–Trinajstić information content (AvgIpc) is 3.14. The van der Waals surface area contributed by atoms with E-state index in [-0.39, 0.29) is 0 Å². The Hall–Kier alpha value is -2.40. The minimum Gasteiger partial charge on any atom is -0.497 e. The zero-order valence-electron chi connectivity index (χ0n) is 16.8. The van der Waals surface area contributed by atoms with Crippen molar-refractivity contribution >= 4 is 22.4 Å². The number of ether oxygens (including phenoxy) is 2. The van der Waals surface area contributed by atoms with Crippen molar-refractivity contribution in [2.45, 2.75) is 32.0 Å². The number of aromatic nitrogens is 2. The van der Waals surface area contributed by atoms with E-state index in [0.717, 1.165) is 41.8 Å². The topological polar surface area (TPSA) is 84.8 Å². The van der Waals surface area contributed by atoms with Crippen LogP contribution in [0.4, 0.5) is 18.3 Å². The van der Waals surface area contributed by atoms with Gasteiger partial charge in [0.2, 0.25) is 5.13 Å². The first-order chi connectivity index (χ1) is 14.1. The maximum atomic E-state index is 10.6. The monoisotopic (exact) mass is 447 g/mol. The highest BCUT2D eigenvalue weighted by Crippen LogP contribution is 2.29. The van der Waals surface area contributed by atoms with Gasteiger partial charge in [-0.3, -0.25) is 0 Å². The van der Waals surface area contributed by atoms with Crippen LogP contribution in [0.15, 0.2) is 24.3 Å². The lowest BCUT2D eigenvalue weighted by Gasteiger charge is -2.37. The summed E-state index contributed by atoms with van der Waals surface area (Å²) in [5.74, 6) is -1.41. The highest BCUT2D eigenvalue weighted by Gasteiger charge is 2.38. The van der Waals surface area contributed by atoms with Gasteiger partial charge in [-0.1, -0.05) is 23.5 Å². The molecule has 0 unspecified atom stereocenters. The molecule has 0 amide bonds. The van der Waals surface area contributed by atoms with Crippen LogP contribution in [-0.4, -0.2) is 60.9 Å². The molecule has 2 aromatic rings. The summed E-state index contributed by atoms with van der Waals surface area (Å²) in [5, 5.41) is 17.6. The minimum absolute atomic E-state index is 0.294. The van der Waals surface area contributed by atoms with Crippen LogP contribution in [0, 0.1) is 12.8 Å². The lowest BCUT2D eigenvalue weighted by Crippen LogP contribution is -2.45. The molecular formula is C19H24F3N3O4S. The first-order valence-corrected chi connectivity index (χ1v) is 9.96. The average molecular weight is 447 g/mol. The molecule has 1 fully saturated rings. The first-order valence-electron chi connectivity index (χ1n) is 9.15. The van der Waals surface area contributed by atoms with Crippen LogP contribution in [0.2, 0.25) is 0 Å². The summed E-state index contributed by atoms with van der Waals surface area (Å²) in [7, 11) is 3.51. The second-order valence-electron chi connectivity index (χ2n) is 6.73. The molecule has 0 aliphatic carbocycles. The number of aryl methyl sites for hydroxylation is 1. The number of methoxy groups -OCH3 is 2. The number of carboxylic acid groups (broad SMARTS) is 1. The molecule has 2 atom stereocenters. The van der Waals surface area contributed by atoms with E-state index < -0.39 is 12.1 Å². The summed E-state index contributed by atoms with van der Waals surface area (Å²) in [4.78, 5) is 11.2. The standard InChI is InChI=1S/C17H23N3O2S.C2HF3O2/c1-12-18-19-17(23-12)20-9-8-16(22-3)14(11-20)10-13-4-6-15(21-2)7-5-13;3-2(4,5)1(6)7/h4-7,14,16H,8-11H2,1-3H3;(H,6,7)/t14-,16-;/m0./s1. The lowest BCUT2D eigenvalue weighted by atomic mass is 9.88. The second kappa shape index (κ2) is 10.6. The van der Waals surface area contributed by atoms with E-state index in [0.29, 0.717) is 12.0 Å². The van der Waals surface area contributed by atoms with Gasteiger partial charge in [-0.05, 0) is 37.5 Å². The van der Waals surface area contributed by atoms with Crippen LogP contribution in [0.25, 0.3) is 0 Å². The van der Waals surface area contributed by atoms with Crippen LogP contribution < -0.4 is 9.64 Å². The minimum atomic E-state index is -5.08. The predicted molar refractivity (Wildman–Crippen MR) is 106 cm³/mol. The van der Waals surface area contributed by atoms with Crippen molar-refractivity contribution in [2.24, 2.45) is 5.92 Å². The van der Waals surface area contributed by atoms with E-state index in [1.165, 1.54) is 5.56 Å². The molecule has 11 heteroatoms. The number of nitrogens with zero attached hydrogens (tertiary/aromatic N) is 3. The van der Waals surface area contributed by atoms with Crippen LogP contribution in [-0.2, 0) is 16.0 Å². The number of alkyl halides is 3. The molecule has 3 rings (SSSR count). The lowest BCUT2D eigenvalue weighted by molar-refractivity contribution is -0.192. The Balaban J connectivity index is 0.000000396. The van der Waals surface area contributed by atoms with Gasteiger partial charge in [0, 0.05) is 26.1 Å². The van der Waals surface area contributed by atoms with Crippen LogP contribution in [0.1, 0.15) is 17.0 Å². The number of aliphatic carboxylic acids is 1. The summed E-state index contributed by atoms with van der Waals surface area (Å²) >= 11 is 1.66. The number of carboxylic acids is 1. The van der Waals surface area contributed by atoms with E-state index in [1.807, 2.05) is 26.2 Å². The normalized spacial score (nSPS) is 19.1. The highest BCUT2D eigenvalue weighted by molar-refractivity contribution is 7.15. The summed E-state index contributed by atoms with van der Waals surface area (Å²) in [6.07, 6.45) is -2.77. The number of halogens is 3. The van der Waals surface area contributed by atoms with Gasteiger partial charge in [-0.2, -0.15) is 13.2 Å². The molecule has 30 heavy (non-hydrogen) atoms. The van der Waals surface area contributed by atoms with Gasteiger partial charge >= 0.3 is 12.1 Å². The van der Waals surface area contributed by atoms with Gasteiger partial charge in [0.1, 0.15) is 10.8 Å². The second-order valence-corrected chi connectivity index (χ2v) is 7.89. The SMILES string of the molecule is COc1ccc(C[C@H]2CN(c3nnc(C)s3)CC[C@@H]2OC)cc1.O=C(O)C(F)(F)F. The van der Waals surface area contributed by atoms with E-state index in [9.17, 15) is 13.2 Å². The molecule has 1 saturated heterocycles. The van der Waals surface area contributed by atoms with Crippen LogP contribution in [0.5, 0.6) is 5.75 Å². The first kappa shape index (κ1) is 23.9. The third kappa shape index (κ3) is 6.84. The fourth-order valence-electron chi connectivity index (χ4n) is 3.17. The van der Waals surface area contributed by atoms with Crippen molar-refractivity contribution in [3.05, 3.63) is 34.8 Å². The molecule has 2 heterocycles. The summed E-state index contributed by atoms with van der Waals surface area (Å²) < 4.78 is 42.7. The van der Waals surface area contributed by atoms with Crippen molar-refractivity contribution in [1.29, 1.82) is 0 Å². The van der Waals surface area contributed by atoms with Crippen molar-refractivity contribution < 1.29 is 32.5 Å². The van der Waals surface area contributed by atoms with E-state index in [1.54, 1.807) is 18.4 Å². The van der Waals surface area contributed by atoms with Gasteiger partial charge in [-0.25, -0.2) is 4.79 Å². The van der Waals surface area contributed by atoms with Crippen molar-refractivity contribution in [1.82, 2.24) is 10.2 Å². The molecule has 1 aromatic carbocycles. The molecular weight excluding hydrogens is 423 g/mol. The summed E-state index contributed by atoms with van der Waals surface area (Å²) in [5.41, 5.74) is 1.31. The Morgan fingerprint density at radius 1 is 1.27 bits per heavy atom. The van der Waals surface area contributed by atoms with Gasteiger partial charge in [0.25, 0.3) is 0 Å².